The Balaban J connectivity index is 2.33. The van der Waals surface area contributed by atoms with Gasteiger partial charge in [0.05, 0.1) is 5.69 Å². The molecule has 0 radical (unpaired) electrons. The normalized spacial score (nSPS) is 11.1. The van der Waals surface area contributed by atoms with E-state index < -0.39 is 0 Å². The SMILES string of the molecule is Cc1c(C)c(C)c(N=C(Nc2c(C)c(C)c(C)c(C)c2C)Nc2c(C)c(C)c(C)c(C)c2C)c(C)c1C. The Hall–Kier alpha value is -3.07. The Kier molecular flexibility index (Phi) is 7.98. The van der Waals surface area contributed by atoms with E-state index in [9.17, 15) is 0 Å². The molecule has 3 aromatic carbocycles. The fourth-order valence-electron chi connectivity index (χ4n) is 5.46. The zero-order valence-corrected chi connectivity index (χ0v) is 25.9. The first-order chi connectivity index (χ1) is 17.1. The van der Waals surface area contributed by atoms with Gasteiger partial charge in [0.1, 0.15) is 0 Å². The molecule has 2 N–H and O–H groups in total. The van der Waals surface area contributed by atoms with E-state index in [1.165, 1.54) is 83.5 Å². The maximum Gasteiger partial charge on any atom is 0.205 e. The standard InChI is InChI=1S/C34H47N3/c1-16-19(4)25(10)31(26(11)20(16)5)35-34(36-32-27(12)21(6)17(2)22(7)28(32)13)37-33-29(14)23(8)18(3)24(9)30(33)15/h1-15H3,(H2,35,36,37). The molecule has 0 aliphatic heterocycles. The second kappa shape index (κ2) is 10.4. The summed E-state index contributed by atoms with van der Waals surface area (Å²) in [5, 5.41) is 7.55. The molecule has 3 nitrogen and oxygen atoms in total. The minimum atomic E-state index is 0.761. The van der Waals surface area contributed by atoms with Crippen molar-refractivity contribution in [2.45, 2.75) is 104 Å². The van der Waals surface area contributed by atoms with E-state index in [0.29, 0.717) is 0 Å². The number of benzene rings is 3. The van der Waals surface area contributed by atoms with Crippen molar-refractivity contribution in [3.63, 3.8) is 0 Å². The molecule has 0 bridgehead atoms. The lowest BCUT2D eigenvalue weighted by Gasteiger charge is -2.25. The molecule has 0 saturated heterocycles. The Bertz CT molecular complexity index is 1290. The van der Waals surface area contributed by atoms with Crippen LogP contribution < -0.4 is 10.6 Å². The van der Waals surface area contributed by atoms with E-state index in [2.05, 4.69) is 114 Å². The van der Waals surface area contributed by atoms with Crippen molar-refractivity contribution in [3.8, 4) is 0 Å². The quantitative estimate of drug-likeness (QED) is 0.279. The first-order valence-electron chi connectivity index (χ1n) is 13.4. The summed E-state index contributed by atoms with van der Waals surface area (Å²) in [5.41, 5.74) is 22.9. The minimum absolute atomic E-state index is 0.761. The molecule has 37 heavy (non-hydrogen) atoms. The number of aliphatic imine (C=N–C) groups is 1. The molecule has 0 atom stereocenters. The van der Waals surface area contributed by atoms with E-state index in [4.69, 9.17) is 4.99 Å². The first-order valence-corrected chi connectivity index (χ1v) is 13.4. The smallest absolute Gasteiger partial charge is 0.205 e. The van der Waals surface area contributed by atoms with Crippen molar-refractivity contribution >= 4 is 23.0 Å². The molecule has 0 fully saturated rings. The number of nitrogens with zero attached hydrogens (tertiary/aromatic N) is 1. The van der Waals surface area contributed by atoms with Gasteiger partial charge in [0.2, 0.25) is 5.96 Å². The van der Waals surface area contributed by atoms with Crippen molar-refractivity contribution in [1.29, 1.82) is 0 Å². The fourth-order valence-corrected chi connectivity index (χ4v) is 5.46. The summed E-state index contributed by atoms with van der Waals surface area (Å²) in [6.45, 7) is 33.2. The lowest BCUT2D eigenvalue weighted by Crippen LogP contribution is -2.25. The summed E-state index contributed by atoms with van der Waals surface area (Å²) in [5.74, 6) is 0.761. The number of rotatable bonds is 3. The summed E-state index contributed by atoms with van der Waals surface area (Å²) < 4.78 is 0. The highest BCUT2D eigenvalue weighted by Gasteiger charge is 2.19. The van der Waals surface area contributed by atoms with Gasteiger partial charge in [-0.25, -0.2) is 4.99 Å². The topological polar surface area (TPSA) is 36.4 Å². The third-order valence-corrected chi connectivity index (χ3v) is 9.67. The molecule has 3 heteroatoms. The monoisotopic (exact) mass is 497 g/mol. The predicted molar refractivity (Wildman–Crippen MR) is 165 cm³/mol. The molecule has 0 aliphatic carbocycles. The second-order valence-corrected chi connectivity index (χ2v) is 11.2. The first kappa shape index (κ1) is 28.5. The molecular formula is C34H47N3. The van der Waals surface area contributed by atoms with Gasteiger partial charge >= 0.3 is 0 Å². The Morgan fingerprint density at radius 2 is 0.541 bits per heavy atom. The lowest BCUT2D eigenvalue weighted by molar-refractivity contribution is 1.15. The van der Waals surface area contributed by atoms with Crippen LogP contribution in [0.25, 0.3) is 0 Å². The Labute approximate surface area is 225 Å². The molecule has 0 heterocycles. The average Bonchev–Trinajstić information content (AvgIpc) is 2.88. The number of anilines is 2. The van der Waals surface area contributed by atoms with Crippen molar-refractivity contribution in [1.82, 2.24) is 0 Å². The van der Waals surface area contributed by atoms with E-state index in [1.54, 1.807) is 0 Å². The Morgan fingerprint density at radius 3 is 0.811 bits per heavy atom. The third-order valence-electron chi connectivity index (χ3n) is 9.67. The highest BCUT2D eigenvalue weighted by Crippen LogP contribution is 2.35. The van der Waals surface area contributed by atoms with Gasteiger partial charge in [-0.3, -0.25) is 0 Å². The zero-order chi connectivity index (χ0) is 28.1. The van der Waals surface area contributed by atoms with Gasteiger partial charge in [-0.2, -0.15) is 0 Å². The van der Waals surface area contributed by atoms with Crippen LogP contribution in [0.3, 0.4) is 0 Å². The summed E-state index contributed by atoms with van der Waals surface area (Å²) in [6.07, 6.45) is 0. The van der Waals surface area contributed by atoms with Gasteiger partial charge in [0.15, 0.2) is 0 Å². The molecule has 3 rings (SSSR count). The number of guanidine groups is 1. The fraction of sp³-hybridized carbons (Fsp3) is 0.441. The average molecular weight is 498 g/mol. The van der Waals surface area contributed by atoms with E-state index in [-0.39, 0.29) is 0 Å². The van der Waals surface area contributed by atoms with Gasteiger partial charge in [0, 0.05) is 11.4 Å². The van der Waals surface area contributed by atoms with Crippen molar-refractivity contribution in [2.24, 2.45) is 4.99 Å². The van der Waals surface area contributed by atoms with Crippen LogP contribution in [0.1, 0.15) is 83.5 Å². The van der Waals surface area contributed by atoms with Gasteiger partial charge in [-0.1, -0.05) is 0 Å². The van der Waals surface area contributed by atoms with Crippen LogP contribution in [-0.2, 0) is 0 Å². The van der Waals surface area contributed by atoms with Crippen LogP contribution in [0, 0.1) is 104 Å². The highest BCUT2D eigenvalue weighted by molar-refractivity contribution is 6.07. The zero-order valence-electron chi connectivity index (χ0n) is 25.9. The summed E-state index contributed by atoms with van der Waals surface area (Å²) in [7, 11) is 0. The van der Waals surface area contributed by atoms with E-state index >= 15 is 0 Å². The Morgan fingerprint density at radius 1 is 0.324 bits per heavy atom. The lowest BCUT2D eigenvalue weighted by atomic mass is 9.92. The summed E-state index contributed by atoms with van der Waals surface area (Å²) in [4.78, 5) is 5.33. The third kappa shape index (κ3) is 4.81. The van der Waals surface area contributed by atoms with Crippen molar-refractivity contribution in [2.75, 3.05) is 10.6 Å². The van der Waals surface area contributed by atoms with Crippen LogP contribution in [-0.4, -0.2) is 5.96 Å². The molecular weight excluding hydrogens is 450 g/mol. The van der Waals surface area contributed by atoms with Gasteiger partial charge in [-0.15, -0.1) is 0 Å². The molecule has 0 amide bonds. The van der Waals surface area contributed by atoms with Crippen LogP contribution in [0.5, 0.6) is 0 Å². The highest BCUT2D eigenvalue weighted by atomic mass is 15.2. The molecule has 0 unspecified atom stereocenters. The van der Waals surface area contributed by atoms with Crippen LogP contribution in [0.4, 0.5) is 17.1 Å². The maximum atomic E-state index is 5.33. The van der Waals surface area contributed by atoms with Gasteiger partial charge in [0.25, 0.3) is 0 Å². The largest absolute Gasteiger partial charge is 0.325 e. The second-order valence-electron chi connectivity index (χ2n) is 11.2. The number of hydrogen-bond acceptors (Lipinski definition) is 1. The van der Waals surface area contributed by atoms with Crippen molar-refractivity contribution in [3.05, 3.63) is 83.5 Å². The molecule has 0 saturated carbocycles. The van der Waals surface area contributed by atoms with Gasteiger partial charge in [-0.05, 0) is 187 Å². The van der Waals surface area contributed by atoms with E-state index in [1.807, 2.05) is 0 Å². The van der Waals surface area contributed by atoms with Gasteiger partial charge < -0.3 is 10.6 Å². The molecule has 3 aromatic rings. The molecule has 198 valence electrons. The van der Waals surface area contributed by atoms with Crippen molar-refractivity contribution < 1.29 is 0 Å². The summed E-state index contributed by atoms with van der Waals surface area (Å²) in [6, 6.07) is 0. The van der Waals surface area contributed by atoms with Crippen LogP contribution >= 0.6 is 0 Å². The number of hydrogen-bond donors (Lipinski definition) is 2. The van der Waals surface area contributed by atoms with E-state index in [0.717, 1.165) is 23.0 Å². The minimum Gasteiger partial charge on any atom is -0.325 e. The molecule has 0 spiro atoms. The van der Waals surface area contributed by atoms with Crippen LogP contribution in [0.2, 0.25) is 0 Å². The predicted octanol–water partition coefficient (Wildman–Crippen LogP) is 9.52. The molecule has 0 aromatic heterocycles. The molecule has 0 aliphatic rings. The summed E-state index contributed by atoms with van der Waals surface area (Å²) >= 11 is 0. The van der Waals surface area contributed by atoms with Crippen LogP contribution in [0.15, 0.2) is 4.99 Å². The number of nitrogens with one attached hydrogen (secondary N) is 2. The maximum absolute atomic E-state index is 5.33.